The number of unbranched alkanes of at least 4 members (excludes halogenated alkanes) is 1. The number of aryl methyl sites for hydroxylation is 2. The maximum absolute atomic E-state index is 12.5. The van der Waals surface area contributed by atoms with E-state index in [0.29, 0.717) is 30.1 Å². The van der Waals surface area contributed by atoms with Crippen molar-refractivity contribution in [1.29, 1.82) is 0 Å². The lowest BCUT2D eigenvalue weighted by Crippen LogP contribution is -2.31. The molecule has 1 aromatic carbocycles. The number of rotatable bonds is 9. The van der Waals surface area contributed by atoms with Crippen molar-refractivity contribution in [2.24, 2.45) is 0 Å². The van der Waals surface area contributed by atoms with Gasteiger partial charge in [0.25, 0.3) is 5.56 Å². The maximum Gasteiger partial charge on any atom is 0.331 e. The Balaban J connectivity index is 1.89. The molecule has 8 nitrogen and oxygen atoms in total. The molecule has 0 saturated heterocycles. The molecule has 2 heterocycles. The fourth-order valence-corrected chi connectivity index (χ4v) is 3.23. The lowest BCUT2D eigenvalue weighted by Gasteiger charge is -2.08. The summed E-state index contributed by atoms with van der Waals surface area (Å²) in [4.78, 5) is 43.8. The molecule has 0 aliphatic carbocycles. The molecule has 0 saturated carbocycles. The first kappa shape index (κ1) is 21.3. The van der Waals surface area contributed by atoms with E-state index in [4.69, 9.17) is 4.74 Å². The monoisotopic (exact) mass is 410 g/mol. The number of H-pyrrole nitrogens is 1. The van der Waals surface area contributed by atoms with Crippen LogP contribution in [0.2, 0.25) is 0 Å². The summed E-state index contributed by atoms with van der Waals surface area (Å²) in [5.41, 5.74) is 0.593. The smallest absolute Gasteiger partial charge is 0.331 e. The predicted octanol–water partition coefficient (Wildman–Crippen LogP) is 2.85. The number of benzene rings is 1. The molecular weight excluding hydrogens is 384 g/mol. The van der Waals surface area contributed by atoms with E-state index in [0.717, 1.165) is 24.8 Å². The first-order valence-corrected chi connectivity index (χ1v) is 10.2. The van der Waals surface area contributed by atoms with Gasteiger partial charge in [-0.15, -0.1) is 0 Å². The van der Waals surface area contributed by atoms with Crippen LogP contribution < -0.4 is 11.2 Å². The Morgan fingerprint density at radius 1 is 1.10 bits per heavy atom. The molecule has 30 heavy (non-hydrogen) atoms. The minimum absolute atomic E-state index is 0.0892. The first-order valence-electron chi connectivity index (χ1n) is 10.2. The van der Waals surface area contributed by atoms with Crippen molar-refractivity contribution in [1.82, 2.24) is 19.1 Å². The van der Waals surface area contributed by atoms with Crippen molar-refractivity contribution in [3.63, 3.8) is 0 Å². The molecule has 0 fully saturated rings. The summed E-state index contributed by atoms with van der Waals surface area (Å²) in [6, 6.07) is 9.43. The van der Waals surface area contributed by atoms with Crippen LogP contribution in [-0.4, -0.2) is 25.1 Å². The summed E-state index contributed by atoms with van der Waals surface area (Å²) in [5.74, 6) is -0.0686. The molecule has 0 atom stereocenters. The molecule has 2 aromatic heterocycles. The van der Waals surface area contributed by atoms with Gasteiger partial charge in [0.2, 0.25) is 0 Å². The van der Waals surface area contributed by atoms with E-state index in [1.54, 1.807) is 10.6 Å². The van der Waals surface area contributed by atoms with E-state index in [9.17, 15) is 14.4 Å². The fraction of sp³-hybridized carbons (Fsp3) is 0.364. The number of nitrogens with zero attached hydrogens (tertiary/aromatic N) is 3. The van der Waals surface area contributed by atoms with Gasteiger partial charge in [-0.3, -0.25) is 14.3 Å². The number of esters is 1. The topological polar surface area (TPSA) is 99.0 Å². The summed E-state index contributed by atoms with van der Waals surface area (Å²) in [7, 11) is 0. The molecule has 0 radical (unpaired) electrons. The SMILES string of the molecule is CCCCn1c(=O)[nH]c(=O)c2c1nc(COC(=O)/C=C/c1ccccc1)n2CCC. The van der Waals surface area contributed by atoms with Gasteiger partial charge in [0, 0.05) is 19.2 Å². The van der Waals surface area contributed by atoms with Gasteiger partial charge in [0.1, 0.15) is 12.4 Å². The van der Waals surface area contributed by atoms with Crippen LogP contribution in [0, 0.1) is 0 Å². The molecule has 0 aliphatic heterocycles. The average Bonchev–Trinajstić information content (AvgIpc) is 3.10. The van der Waals surface area contributed by atoms with Crippen LogP contribution >= 0.6 is 0 Å². The number of hydrogen-bond donors (Lipinski definition) is 1. The molecule has 158 valence electrons. The summed E-state index contributed by atoms with van der Waals surface area (Å²) in [5, 5.41) is 0. The number of aromatic nitrogens is 4. The predicted molar refractivity (Wildman–Crippen MR) is 115 cm³/mol. The minimum Gasteiger partial charge on any atom is -0.454 e. The second-order valence-corrected chi connectivity index (χ2v) is 6.97. The molecule has 0 aliphatic rings. The second-order valence-electron chi connectivity index (χ2n) is 6.97. The molecule has 0 unspecified atom stereocenters. The van der Waals surface area contributed by atoms with E-state index in [1.165, 1.54) is 10.6 Å². The Morgan fingerprint density at radius 3 is 2.57 bits per heavy atom. The van der Waals surface area contributed by atoms with Crippen molar-refractivity contribution < 1.29 is 9.53 Å². The summed E-state index contributed by atoms with van der Waals surface area (Å²) in [6.45, 7) is 4.90. The van der Waals surface area contributed by atoms with Gasteiger partial charge in [0.15, 0.2) is 11.2 Å². The maximum atomic E-state index is 12.5. The quantitative estimate of drug-likeness (QED) is 0.432. The van der Waals surface area contributed by atoms with Crippen molar-refractivity contribution in [3.05, 3.63) is 68.6 Å². The zero-order valence-corrected chi connectivity index (χ0v) is 17.3. The van der Waals surface area contributed by atoms with Gasteiger partial charge < -0.3 is 9.30 Å². The standard InChI is InChI=1S/C22H26N4O4/c1-3-5-14-26-20-19(21(28)24-22(26)29)25(13-4-2)17(23-20)15-30-18(27)12-11-16-9-7-6-8-10-16/h6-12H,3-5,13-15H2,1-2H3,(H,24,28,29)/b12-11+. The highest BCUT2D eigenvalue weighted by Crippen LogP contribution is 2.14. The van der Waals surface area contributed by atoms with E-state index < -0.39 is 17.2 Å². The Bertz CT molecular complexity index is 1160. The number of ether oxygens (including phenoxy) is 1. The normalized spacial score (nSPS) is 11.4. The molecule has 3 aromatic rings. The van der Waals surface area contributed by atoms with Gasteiger partial charge >= 0.3 is 11.7 Å². The largest absolute Gasteiger partial charge is 0.454 e. The molecular formula is C22H26N4O4. The van der Waals surface area contributed by atoms with Crippen molar-refractivity contribution in [3.8, 4) is 0 Å². The second kappa shape index (κ2) is 9.87. The zero-order chi connectivity index (χ0) is 21.5. The molecule has 3 rings (SSSR count). The van der Waals surface area contributed by atoms with E-state index in [-0.39, 0.29) is 6.61 Å². The molecule has 0 spiro atoms. The van der Waals surface area contributed by atoms with Crippen LogP contribution in [0.1, 0.15) is 44.5 Å². The molecule has 1 N–H and O–H groups in total. The summed E-state index contributed by atoms with van der Waals surface area (Å²) < 4.78 is 8.55. The zero-order valence-electron chi connectivity index (χ0n) is 17.3. The lowest BCUT2D eigenvalue weighted by molar-refractivity contribution is -0.139. The molecule has 0 amide bonds. The van der Waals surface area contributed by atoms with Crippen LogP contribution in [0.25, 0.3) is 17.2 Å². The Morgan fingerprint density at radius 2 is 1.87 bits per heavy atom. The molecule has 8 heteroatoms. The van der Waals surface area contributed by atoms with Crippen LogP contribution in [0.5, 0.6) is 0 Å². The van der Waals surface area contributed by atoms with E-state index in [2.05, 4.69) is 9.97 Å². The van der Waals surface area contributed by atoms with Crippen LogP contribution in [-0.2, 0) is 29.2 Å². The first-order chi connectivity index (χ1) is 14.5. The number of aromatic amines is 1. The van der Waals surface area contributed by atoms with E-state index in [1.807, 2.05) is 44.2 Å². The highest BCUT2D eigenvalue weighted by molar-refractivity contribution is 5.87. The Kier molecular flexibility index (Phi) is 7.00. The number of imidazole rings is 1. The number of fused-ring (bicyclic) bond motifs is 1. The Hall–Kier alpha value is -3.42. The Labute approximate surface area is 173 Å². The van der Waals surface area contributed by atoms with Crippen molar-refractivity contribution >= 4 is 23.2 Å². The number of hydrogen-bond acceptors (Lipinski definition) is 5. The van der Waals surface area contributed by atoms with Gasteiger partial charge in [0.05, 0.1) is 0 Å². The van der Waals surface area contributed by atoms with Crippen LogP contribution in [0.3, 0.4) is 0 Å². The third-order valence-corrected chi connectivity index (χ3v) is 4.70. The average molecular weight is 410 g/mol. The van der Waals surface area contributed by atoms with Gasteiger partial charge in [-0.05, 0) is 24.5 Å². The third kappa shape index (κ3) is 4.76. The molecule has 0 bridgehead atoms. The van der Waals surface area contributed by atoms with E-state index >= 15 is 0 Å². The van der Waals surface area contributed by atoms with Crippen LogP contribution in [0.4, 0.5) is 0 Å². The highest BCUT2D eigenvalue weighted by Gasteiger charge is 2.18. The summed E-state index contributed by atoms with van der Waals surface area (Å²) in [6.07, 6.45) is 5.47. The fourth-order valence-electron chi connectivity index (χ4n) is 3.23. The number of nitrogens with one attached hydrogen (secondary N) is 1. The van der Waals surface area contributed by atoms with Crippen molar-refractivity contribution in [2.45, 2.75) is 52.8 Å². The number of carbonyl (C=O) groups is 1. The highest BCUT2D eigenvalue weighted by atomic mass is 16.5. The van der Waals surface area contributed by atoms with Crippen molar-refractivity contribution in [2.75, 3.05) is 0 Å². The van der Waals surface area contributed by atoms with Crippen LogP contribution in [0.15, 0.2) is 46.0 Å². The minimum atomic E-state index is -0.508. The lowest BCUT2D eigenvalue weighted by atomic mass is 10.2. The third-order valence-electron chi connectivity index (χ3n) is 4.70. The van der Waals surface area contributed by atoms with Gasteiger partial charge in [-0.25, -0.2) is 14.6 Å². The summed E-state index contributed by atoms with van der Waals surface area (Å²) >= 11 is 0. The van der Waals surface area contributed by atoms with Gasteiger partial charge in [-0.1, -0.05) is 50.6 Å². The number of carbonyl (C=O) groups excluding carboxylic acids is 1. The van der Waals surface area contributed by atoms with Gasteiger partial charge in [-0.2, -0.15) is 0 Å².